The Morgan fingerprint density at radius 1 is 0.833 bits per heavy atom. The lowest BCUT2D eigenvalue weighted by Crippen LogP contribution is -2.63. The van der Waals surface area contributed by atoms with Gasteiger partial charge in [-0.15, -0.1) is 0 Å². The summed E-state index contributed by atoms with van der Waals surface area (Å²) in [5, 5.41) is 11.3. The molecule has 2 saturated carbocycles. The first-order valence-corrected chi connectivity index (χ1v) is 15.1. The van der Waals surface area contributed by atoms with Gasteiger partial charge in [-0.2, -0.15) is 0 Å². The molecule has 2 atom stereocenters. The van der Waals surface area contributed by atoms with Gasteiger partial charge >= 0.3 is 0 Å². The zero-order chi connectivity index (χ0) is 24.9. The van der Waals surface area contributed by atoms with E-state index in [1.165, 1.54) is 58.0 Å². The Balaban J connectivity index is 1.01. The van der Waals surface area contributed by atoms with E-state index in [4.69, 9.17) is 4.74 Å². The number of rotatable bonds is 6. The third kappa shape index (κ3) is 6.80. The molecule has 2 unspecified atom stereocenters. The molecule has 1 amide bonds. The Morgan fingerprint density at radius 3 is 2.19 bits per heavy atom. The zero-order valence-electron chi connectivity index (χ0n) is 22.9. The van der Waals surface area contributed by atoms with Crippen LogP contribution in [0.3, 0.4) is 0 Å². The van der Waals surface area contributed by atoms with E-state index in [-0.39, 0.29) is 12.2 Å². The third-order valence-electron chi connectivity index (χ3n) is 10.1. The Bertz CT molecular complexity index is 678. The van der Waals surface area contributed by atoms with Crippen molar-refractivity contribution in [2.24, 2.45) is 17.8 Å². The summed E-state index contributed by atoms with van der Waals surface area (Å²) in [6, 6.07) is 1.14. The fourth-order valence-corrected chi connectivity index (χ4v) is 7.66. The van der Waals surface area contributed by atoms with Crippen LogP contribution in [0.1, 0.15) is 64.2 Å². The Hall–Kier alpha value is -0.770. The standard InChI is InChI=1S/C28H52N6O2/c1-32-12-10-25(11-13-32)33-14-16-34(17-15-33)27(35)22-4-3-5-24(18-22)31-28-29-19-23(20-30-28)21-6-8-26(36-2)9-7-21/h21-26,28-31H,3-20H2,1-2H3. The molecule has 3 aliphatic heterocycles. The number of likely N-dealkylation sites (tertiary alicyclic amines) is 1. The van der Waals surface area contributed by atoms with Crippen LogP contribution in [-0.2, 0) is 9.53 Å². The maximum absolute atomic E-state index is 13.4. The molecule has 2 aliphatic carbocycles. The number of carbonyl (C=O) groups is 1. The van der Waals surface area contributed by atoms with E-state index in [1.807, 2.05) is 7.11 Å². The second kappa shape index (κ2) is 12.9. The lowest BCUT2D eigenvalue weighted by molar-refractivity contribution is -0.139. The van der Waals surface area contributed by atoms with Gasteiger partial charge in [-0.3, -0.25) is 25.6 Å². The number of ether oxygens (including phenoxy) is 1. The summed E-state index contributed by atoms with van der Waals surface area (Å²) in [5.41, 5.74) is 0. The van der Waals surface area contributed by atoms with Crippen LogP contribution >= 0.6 is 0 Å². The second-order valence-electron chi connectivity index (χ2n) is 12.4. The lowest BCUT2D eigenvalue weighted by Gasteiger charge is -2.43. The summed E-state index contributed by atoms with van der Waals surface area (Å²) in [7, 11) is 4.08. The van der Waals surface area contributed by atoms with Crippen molar-refractivity contribution in [3.05, 3.63) is 0 Å². The highest BCUT2D eigenvalue weighted by atomic mass is 16.5. The van der Waals surface area contributed by atoms with E-state index < -0.39 is 0 Å². The fourth-order valence-electron chi connectivity index (χ4n) is 7.66. The van der Waals surface area contributed by atoms with Crippen molar-refractivity contribution in [3.63, 3.8) is 0 Å². The summed E-state index contributed by atoms with van der Waals surface area (Å²) in [5.74, 6) is 2.14. The molecular formula is C28H52N6O2. The quantitative estimate of drug-likeness (QED) is 0.508. The molecule has 5 aliphatic rings. The predicted octanol–water partition coefficient (Wildman–Crippen LogP) is 1.67. The van der Waals surface area contributed by atoms with Crippen molar-refractivity contribution in [1.82, 2.24) is 30.7 Å². The van der Waals surface area contributed by atoms with E-state index in [0.717, 1.165) is 76.4 Å². The highest BCUT2D eigenvalue weighted by Gasteiger charge is 2.35. The van der Waals surface area contributed by atoms with Crippen molar-refractivity contribution in [2.75, 3.05) is 66.5 Å². The number of hydrogen-bond acceptors (Lipinski definition) is 7. The van der Waals surface area contributed by atoms with Crippen molar-refractivity contribution in [3.8, 4) is 0 Å². The van der Waals surface area contributed by atoms with Gasteiger partial charge < -0.3 is 14.5 Å². The molecule has 0 spiro atoms. The molecule has 36 heavy (non-hydrogen) atoms. The average molecular weight is 505 g/mol. The van der Waals surface area contributed by atoms with Crippen molar-refractivity contribution >= 4 is 5.91 Å². The zero-order valence-corrected chi connectivity index (χ0v) is 22.9. The molecule has 8 heteroatoms. The topological polar surface area (TPSA) is 72.1 Å². The minimum Gasteiger partial charge on any atom is -0.381 e. The summed E-state index contributed by atoms with van der Waals surface area (Å²) >= 11 is 0. The molecule has 5 rings (SSSR count). The summed E-state index contributed by atoms with van der Waals surface area (Å²) in [6.07, 6.45) is 12.6. The first-order valence-electron chi connectivity index (χ1n) is 15.1. The van der Waals surface area contributed by atoms with Crippen LogP contribution in [0.4, 0.5) is 0 Å². The van der Waals surface area contributed by atoms with Gasteiger partial charge in [-0.05, 0) is 89.8 Å². The van der Waals surface area contributed by atoms with Crippen LogP contribution in [0.15, 0.2) is 0 Å². The van der Waals surface area contributed by atoms with Crippen LogP contribution in [0.2, 0.25) is 0 Å². The Morgan fingerprint density at radius 2 is 1.53 bits per heavy atom. The van der Waals surface area contributed by atoms with Crippen molar-refractivity contribution in [1.29, 1.82) is 0 Å². The van der Waals surface area contributed by atoms with Crippen LogP contribution in [0, 0.1) is 17.8 Å². The first kappa shape index (κ1) is 26.8. The third-order valence-corrected chi connectivity index (χ3v) is 10.1. The van der Waals surface area contributed by atoms with Crippen LogP contribution < -0.4 is 16.0 Å². The van der Waals surface area contributed by atoms with Gasteiger partial charge in [0, 0.05) is 64.4 Å². The first-order chi connectivity index (χ1) is 17.6. The molecule has 8 nitrogen and oxygen atoms in total. The number of nitrogens with zero attached hydrogens (tertiary/aromatic N) is 3. The van der Waals surface area contributed by atoms with E-state index in [2.05, 4.69) is 37.7 Å². The Kier molecular flexibility index (Phi) is 9.58. The van der Waals surface area contributed by atoms with Crippen LogP contribution in [0.25, 0.3) is 0 Å². The van der Waals surface area contributed by atoms with Crippen molar-refractivity contribution in [2.45, 2.75) is 88.7 Å². The minimum absolute atomic E-state index is 0.175. The number of hydrogen-bond donors (Lipinski definition) is 3. The highest BCUT2D eigenvalue weighted by molar-refractivity contribution is 5.79. The minimum atomic E-state index is 0.175. The number of amides is 1. The number of methoxy groups -OCH3 is 1. The van der Waals surface area contributed by atoms with Gasteiger partial charge in [0.25, 0.3) is 0 Å². The molecular weight excluding hydrogens is 452 g/mol. The van der Waals surface area contributed by atoms with Crippen molar-refractivity contribution < 1.29 is 9.53 Å². The highest BCUT2D eigenvalue weighted by Crippen LogP contribution is 2.32. The van der Waals surface area contributed by atoms with Gasteiger partial charge in [-0.25, -0.2) is 0 Å². The number of piperidine rings is 1. The average Bonchev–Trinajstić information content (AvgIpc) is 2.94. The lowest BCUT2D eigenvalue weighted by atomic mass is 9.78. The van der Waals surface area contributed by atoms with Crippen LogP contribution in [0.5, 0.6) is 0 Å². The molecule has 0 radical (unpaired) electrons. The molecule has 3 heterocycles. The van der Waals surface area contributed by atoms with Crippen LogP contribution in [-0.4, -0.2) is 112 Å². The molecule has 0 aromatic rings. The molecule has 0 bridgehead atoms. The smallest absolute Gasteiger partial charge is 0.225 e. The number of piperazine rings is 1. The van der Waals surface area contributed by atoms with E-state index in [1.54, 1.807) is 0 Å². The molecule has 3 saturated heterocycles. The summed E-state index contributed by atoms with van der Waals surface area (Å²) < 4.78 is 5.55. The molecule has 5 fully saturated rings. The van der Waals surface area contributed by atoms with E-state index >= 15 is 0 Å². The fraction of sp³-hybridized carbons (Fsp3) is 0.964. The number of nitrogens with one attached hydrogen (secondary N) is 3. The molecule has 0 aromatic heterocycles. The second-order valence-corrected chi connectivity index (χ2v) is 12.4. The molecule has 0 aromatic carbocycles. The maximum atomic E-state index is 13.4. The van der Waals surface area contributed by atoms with E-state index in [0.29, 0.717) is 18.1 Å². The Labute approximate surface area is 219 Å². The summed E-state index contributed by atoms with van der Waals surface area (Å²) in [6.45, 7) is 8.53. The van der Waals surface area contributed by atoms with Gasteiger partial charge in [-0.1, -0.05) is 6.42 Å². The van der Waals surface area contributed by atoms with Gasteiger partial charge in [0.05, 0.1) is 6.10 Å². The monoisotopic (exact) mass is 504 g/mol. The van der Waals surface area contributed by atoms with Gasteiger partial charge in [0.1, 0.15) is 6.29 Å². The van der Waals surface area contributed by atoms with E-state index in [9.17, 15) is 4.79 Å². The van der Waals surface area contributed by atoms with Gasteiger partial charge in [0.2, 0.25) is 5.91 Å². The van der Waals surface area contributed by atoms with Gasteiger partial charge in [0.15, 0.2) is 0 Å². The normalized spacial score (nSPS) is 38.2. The SMILES string of the molecule is COC1CCC(C2CNC(NC3CCCC(C(=O)N4CCN(C5CCN(C)CC5)CC4)C3)NC2)CC1. The molecule has 206 valence electrons. The predicted molar refractivity (Wildman–Crippen MR) is 144 cm³/mol. The molecule has 3 N–H and O–H groups in total. The maximum Gasteiger partial charge on any atom is 0.225 e. The largest absolute Gasteiger partial charge is 0.381 e. The number of carbonyl (C=O) groups excluding carboxylic acids is 1. The summed E-state index contributed by atoms with van der Waals surface area (Å²) in [4.78, 5) is 20.7.